The standard InChI is InChI=1S/C21H23ClN4O4S/c1-12-11-31-19-17(12)18(23-10-13-3-4-16(29-2)15(22)9-13)24-20(25-19)26-7-5-14(6-8-26)30-21(27)28/h3-4,9,11,14H,5-8,10H2,1-2H3,(H,27,28)(H,23,24,25). The Morgan fingerprint density at radius 2 is 2.13 bits per heavy atom. The van der Waals surface area contributed by atoms with Crippen LogP contribution < -0.4 is 15.0 Å². The number of carboxylic acid groups (broad SMARTS) is 1. The van der Waals surface area contributed by atoms with Crippen LogP contribution in [0.2, 0.25) is 5.02 Å². The lowest BCUT2D eigenvalue weighted by Gasteiger charge is -2.31. The number of aromatic nitrogens is 2. The maximum absolute atomic E-state index is 10.8. The summed E-state index contributed by atoms with van der Waals surface area (Å²) >= 11 is 7.84. The molecule has 31 heavy (non-hydrogen) atoms. The molecule has 2 aromatic heterocycles. The lowest BCUT2D eigenvalue weighted by atomic mass is 10.1. The number of nitrogens with one attached hydrogen (secondary N) is 1. The minimum Gasteiger partial charge on any atom is -0.495 e. The highest BCUT2D eigenvalue weighted by atomic mass is 35.5. The van der Waals surface area contributed by atoms with Crippen molar-refractivity contribution in [3.63, 3.8) is 0 Å². The van der Waals surface area contributed by atoms with E-state index in [-0.39, 0.29) is 6.10 Å². The summed E-state index contributed by atoms with van der Waals surface area (Å²) in [6.45, 7) is 3.88. The van der Waals surface area contributed by atoms with Gasteiger partial charge in [0, 0.05) is 32.5 Å². The van der Waals surface area contributed by atoms with Crippen LogP contribution in [0.4, 0.5) is 16.6 Å². The molecule has 2 N–H and O–H groups in total. The van der Waals surface area contributed by atoms with Crippen LogP contribution >= 0.6 is 22.9 Å². The van der Waals surface area contributed by atoms with Gasteiger partial charge < -0.3 is 24.8 Å². The summed E-state index contributed by atoms with van der Waals surface area (Å²) in [6.07, 6.45) is -0.275. The molecule has 1 aliphatic heterocycles. The van der Waals surface area contributed by atoms with Crippen molar-refractivity contribution in [3.8, 4) is 5.75 Å². The molecule has 0 radical (unpaired) electrons. The maximum atomic E-state index is 10.8. The van der Waals surface area contributed by atoms with Crippen LogP contribution in [-0.2, 0) is 11.3 Å². The number of rotatable bonds is 6. The van der Waals surface area contributed by atoms with Crippen LogP contribution in [0, 0.1) is 6.92 Å². The van der Waals surface area contributed by atoms with Gasteiger partial charge in [-0.25, -0.2) is 9.78 Å². The molecule has 164 valence electrons. The highest BCUT2D eigenvalue weighted by Gasteiger charge is 2.25. The zero-order chi connectivity index (χ0) is 22.0. The first-order valence-electron chi connectivity index (χ1n) is 9.91. The summed E-state index contributed by atoms with van der Waals surface area (Å²) in [5.74, 6) is 2.05. The predicted octanol–water partition coefficient (Wildman–Crippen LogP) is 4.94. The van der Waals surface area contributed by atoms with Crippen LogP contribution in [0.25, 0.3) is 10.2 Å². The van der Waals surface area contributed by atoms with Crippen molar-refractivity contribution >= 4 is 51.1 Å². The van der Waals surface area contributed by atoms with Gasteiger partial charge in [-0.2, -0.15) is 4.98 Å². The van der Waals surface area contributed by atoms with Crippen LogP contribution in [0.5, 0.6) is 5.75 Å². The predicted molar refractivity (Wildman–Crippen MR) is 122 cm³/mol. The number of ether oxygens (including phenoxy) is 2. The number of hydrogen-bond acceptors (Lipinski definition) is 8. The third-order valence-electron chi connectivity index (χ3n) is 5.27. The Balaban J connectivity index is 1.55. The molecule has 0 bridgehead atoms. The molecule has 1 aliphatic rings. The van der Waals surface area contributed by atoms with Gasteiger partial charge in [0.15, 0.2) is 0 Å². The molecule has 1 aromatic carbocycles. The van der Waals surface area contributed by atoms with Gasteiger partial charge in [0.2, 0.25) is 5.95 Å². The zero-order valence-electron chi connectivity index (χ0n) is 17.2. The second-order valence-corrected chi connectivity index (χ2v) is 8.63. The number of benzene rings is 1. The second-order valence-electron chi connectivity index (χ2n) is 7.36. The number of piperidine rings is 1. The summed E-state index contributed by atoms with van der Waals surface area (Å²) in [6, 6.07) is 5.69. The normalized spacial score (nSPS) is 14.6. The molecule has 3 aromatic rings. The smallest absolute Gasteiger partial charge is 0.495 e. The van der Waals surface area contributed by atoms with Gasteiger partial charge in [0.25, 0.3) is 0 Å². The second kappa shape index (κ2) is 9.15. The summed E-state index contributed by atoms with van der Waals surface area (Å²) in [7, 11) is 1.59. The first-order chi connectivity index (χ1) is 14.9. The van der Waals surface area contributed by atoms with Crippen molar-refractivity contribution in [1.82, 2.24) is 9.97 Å². The zero-order valence-corrected chi connectivity index (χ0v) is 18.8. The molecule has 0 atom stereocenters. The van der Waals surface area contributed by atoms with E-state index in [4.69, 9.17) is 36.1 Å². The summed E-state index contributed by atoms with van der Waals surface area (Å²) in [4.78, 5) is 23.3. The maximum Gasteiger partial charge on any atom is 0.506 e. The first-order valence-corrected chi connectivity index (χ1v) is 11.2. The Hall–Kier alpha value is -2.78. The molecule has 0 aliphatic carbocycles. The molecule has 4 rings (SSSR count). The molecular weight excluding hydrogens is 440 g/mol. The number of aryl methyl sites for hydroxylation is 1. The number of nitrogens with zero attached hydrogens (tertiary/aromatic N) is 3. The molecule has 1 saturated heterocycles. The third kappa shape index (κ3) is 4.77. The van der Waals surface area contributed by atoms with Gasteiger partial charge in [0.1, 0.15) is 22.5 Å². The summed E-state index contributed by atoms with van der Waals surface area (Å²) in [5.41, 5.74) is 2.13. The van der Waals surface area contributed by atoms with E-state index in [1.54, 1.807) is 18.4 Å². The van der Waals surface area contributed by atoms with E-state index in [1.165, 1.54) is 0 Å². The number of thiophene rings is 1. The molecular formula is C21H23ClN4O4S. The quantitative estimate of drug-likeness (QED) is 0.497. The van der Waals surface area contributed by atoms with E-state index in [9.17, 15) is 4.79 Å². The summed E-state index contributed by atoms with van der Waals surface area (Å²) < 4.78 is 10.1. The molecule has 8 nitrogen and oxygen atoms in total. The van der Waals surface area contributed by atoms with Crippen molar-refractivity contribution in [3.05, 3.63) is 39.7 Å². The molecule has 10 heteroatoms. The molecule has 0 spiro atoms. The van der Waals surface area contributed by atoms with E-state index in [0.717, 1.165) is 27.2 Å². The van der Waals surface area contributed by atoms with Crippen LogP contribution in [0.3, 0.4) is 0 Å². The van der Waals surface area contributed by atoms with Crippen LogP contribution in [0.1, 0.15) is 24.0 Å². The number of methoxy groups -OCH3 is 1. The van der Waals surface area contributed by atoms with Crippen LogP contribution in [0.15, 0.2) is 23.6 Å². The Labute approximate surface area is 188 Å². The van der Waals surface area contributed by atoms with Crippen molar-refractivity contribution in [2.45, 2.75) is 32.4 Å². The fraction of sp³-hybridized carbons (Fsp3) is 0.381. The molecule has 0 amide bonds. The fourth-order valence-corrected chi connectivity index (χ4v) is 4.86. The lowest BCUT2D eigenvalue weighted by molar-refractivity contribution is 0.0415. The highest BCUT2D eigenvalue weighted by Crippen LogP contribution is 2.33. The van der Waals surface area contributed by atoms with Gasteiger partial charge in [-0.1, -0.05) is 17.7 Å². The minimum absolute atomic E-state index is 0.279. The Kier molecular flexibility index (Phi) is 6.33. The molecule has 3 heterocycles. The largest absolute Gasteiger partial charge is 0.506 e. The van der Waals surface area contributed by atoms with E-state index in [0.29, 0.717) is 49.2 Å². The minimum atomic E-state index is -1.23. The van der Waals surface area contributed by atoms with Gasteiger partial charge >= 0.3 is 6.16 Å². The number of carbonyl (C=O) groups is 1. The highest BCUT2D eigenvalue weighted by molar-refractivity contribution is 7.17. The Morgan fingerprint density at radius 1 is 1.35 bits per heavy atom. The van der Waals surface area contributed by atoms with Crippen molar-refractivity contribution in [2.24, 2.45) is 0 Å². The fourth-order valence-electron chi connectivity index (χ4n) is 3.66. The Morgan fingerprint density at radius 3 is 2.81 bits per heavy atom. The van der Waals surface area contributed by atoms with Gasteiger partial charge in [-0.3, -0.25) is 0 Å². The average Bonchev–Trinajstić information content (AvgIpc) is 3.13. The third-order valence-corrected chi connectivity index (χ3v) is 6.56. The first kappa shape index (κ1) is 21.5. The summed E-state index contributed by atoms with van der Waals surface area (Å²) in [5, 5.41) is 15.9. The van der Waals surface area contributed by atoms with Crippen molar-refractivity contribution in [2.75, 3.05) is 30.4 Å². The monoisotopic (exact) mass is 462 g/mol. The number of halogens is 1. The van der Waals surface area contributed by atoms with E-state index in [2.05, 4.69) is 15.6 Å². The molecule has 1 fully saturated rings. The SMILES string of the molecule is COc1ccc(CNc2nc(N3CCC(OC(=O)O)CC3)nc3scc(C)c23)cc1Cl. The number of anilines is 2. The van der Waals surface area contributed by atoms with E-state index < -0.39 is 6.16 Å². The number of hydrogen-bond donors (Lipinski definition) is 2. The van der Waals surface area contributed by atoms with Crippen molar-refractivity contribution < 1.29 is 19.4 Å². The van der Waals surface area contributed by atoms with Gasteiger partial charge in [-0.05, 0) is 35.6 Å². The van der Waals surface area contributed by atoms with Crippen LogP contribution in [-0.4, -0.2) is 47.5 Å². The van der Waals surface area contributed by atoms with E-state index in [1.807, 2.05) is 25.1 Å². The van der Waals surface area contributed by atoms with Gasteiger partial charge in [-0.15, -0.1) is 11.3 Å². The van der Waals surface area contributed by atoms with E-state index >= 15 is 0 Å². The Bertz CT molecular complexity index is 1100. The average molecular weight is 463 g/mol. The molecule has 0 saturated carbocycles. The molecule has 0 unspecified atom stereocenters. The van der Waals surface area contributed by atoms with Gasteiger partial charge in [0.05, 0.1) is 17.5 Å². The topological polar surface area (TPSA) is 96.8 Å². The lowest BCUT2D eigenvalue weighted by Crippen LogP contribution is -2.38. The van der Waals surface area contributed by atoms with Crippen molar-refractivity contribution in [1.29, 1.82) is 0 Å². The number of fused-ring (bicyclic) bond motifs is 1.